The Morgan fingerprint density at radius 2 is 1.47 bits per heavy atom. The standard InChI is InChI=1S/C26H18N2OS/c29-25(23-12-6-10-18-7-4-5-11-22(18)23)27-21-15-13-19(14-16-21)24-17-30-26(28-24)20-8-2-1-3-9-20/h1-17H,(H,27,29). The quantitative estimate of drug-likeness (QED) is 0.353. The summed E-state index contributed by atoms with van der Waals surface area (Å²) in [7, 11) is 0. The molecule has 30 heavy (non-hydrogen) atoms. The van der Waals surface area contributed by atoms with Crippen LogP contribution in [-0.2, 0) is 0 Å². The van der Waals surface area contributed by atoms with Gasteiger partial charge in [0.25, 0.3) is 5.91 Å². The first kappa shape index (κ1) is 18.3. The average molecular weight is 407 g/mol. The first-order chi connectivity index (χ1) is 14.8. The van der Waals surface area contributed by atoms with E-state index < -0.39 is 0 Å². The molecule has 1 amide bonds. The number of nitrogens with zero attached hydrogens (tertiary/aromatic N) is 1. The lowest BCUT2D eigenvalue weighted by molar-refractivity contribution is 0.102. The first-order valence-corrected chi connectivity index (χ1v) is 10.6. The van der Waals surface area contributed by atoms with Crippen LogP contribution in [0.1, 0.15) is 10.4 Å². The minimum atomic E-state index is -0.112. The van der Waals surface area contributed by atoms with Crippen molar-refractivity contribution in [3.05, 3.63) is 108 Å². The number of thiazole rings is 1. The molecular weight excluding hydrogens is 388 g/mol. The van der Waals surface area contributed by atoms with E-state index in [2.05, 4.69) is 22.8 Å². The minimum absolute atomic E-state index is 0.112. The van der Waals surface area contributed by atoms with Crippen LogP contribution in [0.25, 0.3) is 32.6 Å². The summed E-state index contributed by atoms with van der Waals surface area (Å²) >= 11 is 1.63. The van der Waals surface area contributed by atoms with Gasteiger partial charge >= 0.3 is 0 Å². The summed E-state index contributed by atoms with van der Waals surface area (Å²) in [5.41, 5.74) is 4.51. The van der Waals surface area contributed by atoms with Gasteiger partial charge in [-0.2, -0.15) is 0 Å². The summed E-state index contributed by atoms with van der Waals surface area (Å²) in [5, 5.41) is 8.07. The molecule has 4 heteroatoms. The van der Waals surface area contributed by atoms with Crippen LogP contribution < -0.4 is 5.32 Å². The molecule has 0 atom stereocenters. The smallest absolute Gasteiger partial charge is 0.256 e. The van der Waals surface area contributed by atoms with Crippen LogP contribution in [-0.4, -0.2) is 10.9 Å². The predicted molar refractivity (Wildman–Crippen MR) is 125 cm³/mol. The average Bonchev–Trinajstić information content (AvgIpc) is 3.30. The van der Waals surface area contributed by atoms with E-state index in [1.54, 1.807) is 11.3 Å². The number of nitrogens with one attached hydrogen (secondary N) is 1. The molecule has 1 heterocycles. The van der Waals surface area contributed by atoms with E-state index in [4.69, 9.17) is 4.98 Å². The van der Waals surface area contributed by atoms with Crippen molar-refractivity contribution < 1.29 is 4.79 Å². The van der Waals surface area contributed by atoms with E-state index >= 15 is 0 Å². The highest BCUT2D eigenvalue weighted by molar-refractivity contribution is 7.13. The number of carbonyl (C=O) groups is 1. The van der Waals surface area contributed by atoms with Crippen LogP contribution in [0.3, 0.4) is 0 Å². The fourth-order valence-corrected chi connectivity index (χ4v) is 4.30. The third kappa shape index (κ3) is 3.61. The van der Waals surface area contributed by atoms with Gasteiger partial charge in [0.15, 0.2) is 0 Å². The Labute approximate surface area is 178 Å². The van der Waals surface area contributed by atoms with E-state index in [1.165, 1.54) is 0 Å². The maximum absolute atomic E-state index is 12.8. The molecule has 0 unspecified atom stereocenters. The Hall–Kier alpha value is -3.76. The molecule has 0 saturated heterocycles. The van der Waals surface area contributed by atoms with Gasteiger partial charge in [0.05, 0.1) is 5.69 Å². The number of hydrogen-bond donors (Lipinski definition) is 1. The lowest BCUT2D eigenvalue weighted by Crippen LogP contribution is -2.12. The molecule has 144 valence electrons. The number of aromatic nitrogens is 1. The molecule has 1 aromatic heterocycles. The number of rotatable bonds is 4. The summed E-state index contributed by atoms with van der Waals surface area (Å²) < 4.78 is 0. The third-order valence-electron chi connectivity index (χ3n) is 5.00. The molecule has 0 spiro atoms. The van der Waals surface area contributed by atoms with Crippen LogP contribution in [0.2, 0.25) is 0 Å². The summed E-state index contributed by atoms with van der Waals surface area (Å²) in [4.78, 5) is 17.6. The molecule has 5 aromatic rings. The van der Waals surface area contributed by atoms with Crippen LogP contribution >= 0.6 is 11.3 Å². The van der Waals surface area contributed by atoms with Crippen molar-refractivity contribution >= 4 is 33.7 Å². The molecule has 0 aliphatic rings. The number of carbonyl (C=O) groups excluding carboxylic acids is 1. The Bertz CT molecular complexity index is 1320. The van der Waals surface area contributed by atoms with Crippen molar-refractivity contribution in [3.8, 4) is 21.8 Å². The molecule has 1 N–H and O–H groups in total. The van der Waals surface area contributed by atoms with Crippen molar-refractivity contribution in [2.75, 3.05) is 5.32 Å². The SMILES string of the molecule is O=C(Nc1ccc(-c2csc(-c3ccccc3)n2)cc1)c1cccc2ccccc12. The molecule has 3 nitrogen and oxygen atoms in total. The van der Waals surface area contributed by atoms with E-state index in [9.17, 15) is 4.79 Å². The zero-order chi connectivity index (χ0) is 20.3. The normalized spacial score (nSPS) is 10.8. The Morgan fingerprint density at radius 3 is 2.30 bits per heavy atom. The molecule has 0 radical (unpaired) electrons. The highest BCUT2D eigenvalue weighted by Gasteiger charge is 2.11. The van der Waals surface area contributed by atoms with Crippen molar-refractivity contribution in [2.24, 2.45) is 0 Å². The number of amides is 1. The zero-order valence-corrected chi connectivity index (χ0v) is 16.9. The second-order valence-electron chi connectivity index (χ2n) is 6.96. The van der Waals surface area contributed by atoms with Gasteiger partial charge in [-0.1, -0.05) is 78.9 Å². The van der Waals surface area contributed by atoms with Gasteiger partial charge in [-0.05, 0) is 29.0 Å². The monoisotopic (exact) mass is 406 g/mol. The minimum Gasteiger partial charge on any atom is -0.322 e. The summed E-state index contributed by atoms with van der Waals surface area (Å²) in [6.07, 6.45) is 0. The van der Waals surface area contributed by atoms with Gasteiger partial charge in [-0.3, -0.25) is 4.79 Å². The molecule has 0 bridgehead atoms. The molecule has 5 rings (SSSR count). The highest BCUT2D eigenvalue weighted by Crippen LogP contribution is 2.29. The summed E-state index contributed by atoms with van der Waals surface area (Å²) in [6, 6.07) is 31.7. The largest absolute Gasteiger partial charge is 0.322 e. The molecule has 0 saturated carbocycles. The summed E-state index contributed by atoms with van der Waals surface area (Å²) in [6.45, 7) is 0. The van der Waals surface area contributed by atoms with Gasteiger partial charge in [0.2, 0.25) is 0 Å². The fraction of sp³-hybridized carbons (Fsp3) is 0. The molecule has 0 fully saturated rings. The van der Waals surface area contributed by atoms with Crippen LogP contribution in [0.15, 0.2) is 102 Å². The van der Waals surface area contributed by atoms with E-state index in [-0.39, 0.29) is 5.91 Å². The molecular formula is C26H18N2OS. The lowest BCUT2D eigenvalue weighted by atomic mass is 10.0. The molecule has 4 aromatic carbocycles. The summed E-state index contributed by atoms with van der Waals surface area (Å²) in [5.74, 6) is -0.112. The predicted octanol–water partition coefficient (Wildman–Crippen LogP) is 6.88. The Kier molecular flexibility index (Phi) is 4.83. The van der Waals surface area contributed by atoms with Crippen molar-refractivity contribution in [3.63, 3.8) is 0 Å². The topological polar surface area (TPSA) is 42.0 Å². The molecule has 0 aliphatic heterocycles. The first-order valence-electron chi connectivity index (χ1n) is 9.68. The lowest BCUT2D eigenvalue weighted by Gasteiger charge is -2.08. The van der Waals surface area contributed by atoms with Gasteiger partial charge in [-0.15, -0.1) is 11.3 Å². The maximum atomic E-state index is 12.8. The number of fused-ring (bicyclic) bond motifs is 1. The number of anilines is 1. The van der Waals surface area contributed by atoms with E-state index in [1.807, 2.05) is 84.9 Å². The number of benzene rings is 4. The van der Waals surface area contributed by atoms with Crippen molar-refractivity contribution in [2.45, 2.75) is 0 Å². The number of hydrogen-bond acceptors (Lipinski definition) is 3. The Balaban J connectivity index is 1.35. The van der Waals surface area contributed by atoms with Gasteiger partial charge < -0.3 is 5.32 Å². The fourth-order valence-electron chi connectivity index (χ4n) is 3.47. The zero-order valence-electron chi connectivity index (χ0n) is 16.1. The third-order valence-corrected chi connectivity index (χ3v) is 5.89. The van der Waals surface area contributed by atoms with Gasteiger partial charge in [0, 0.05) is 27.8 Å². The highest BCUT2D eigenvalue weighted by atomic mass is 32.1. The molecule has 0 aliphatic carbocycles. The second-order valence-corrected chi connectivity index (χ2v) is 7.82. The van der Waals surface area contributed by atoms with Gasteiger partial charge in [-0.25, -0.2) is 4.98 Å². The van der Waals surface area contributed by atoms with Gasteiger partial charge in [0.1, 0.15) is 5.01 Å². The Morgan fingerprint density at radius 1 is 0.733 bits per heavy atom. The van der Waals surface area contributed by atoms with Crippen LogP contribution in [0.4, 0.5) is 5.69 Å². The van der Waals surface area contributed by atoms with Crippen LogP contribution in [0.5, 0.6) is 0 Å². The van der Waals surface area contributed by atoms with Crippen molar-refractivity contribution in [1.82, 2.24) is 4.98 Å². The van der Waals surface area contributed by atoms with Crippen molar-refractivity contribution in [1.29, 1.82) is 0 Å². The maximum Gasteiger partial charge on any atom is 0.256 e. The van der Waals surface area contributed by atoms with E-state index in [0.29, 0.717) is 5.56 Å². The second kappa shape index (κ2) is 7.93. The van der Waals surface area contributed by atoms with E-state index in [0.717, 1.165) is 38.3 Å². The van der Waals surface area contributed by atoms with Crippen LogP contribution in [0, 0.1) is 0 Å².